The zero-order chi connectivity index (χ0) is 17.1. The largest absolute Gasteiger partial charge is 0.484 e. The minimum Gasteiger partial charge on any atom is -0.484 e. The van der Waals surface area contributed by atoms with Crippen molar-refractivity contribution in [2.75, 3.05) is 19.7 Å². The maximum absolute atomic E-state index is 13.4. The van der Waals surface area contributed by atoms with Gasteiger partial charge in [-0.2, -0.15) is 0 Å². The van der Waals surface area contributed by atoms with Gasteiger partial charge in [0.25, 0.3) is 5.91 Å². The summed E-state index contributed by atoms with van der Waals surface area (Å²) in [6.45, 7) is 1.43. The van der Waals surface area contributed by atoms with Crippen LogP contribution >= 0.6 is 11.6 Å². The first-order valence-corrected chi connectivity index (χ1v) is 8.07. The van der Waals surface area contributed by atoms with Gasteiger partial charge in [0.05, 0.1) is 0 Å². The summed E-state index contributed by atoms with van der Waals surface area (Å²) in [6.07, 6.45) is 2.02. The smallest absolute Gasteiger partial charge is 0.260 e. The van der Waals surface area contributed by atoms with Gasteiger partial charge in [0, 0.05) is 24.2 Å². The van der Waals surface area contributed by atoms with Crippen LogP contribution in [0.5, 0.6) is 5.75 Å². The van der Waals surface area contributed by atoms with Crippen LogP contribution in [-0.2, 0) is 4.79 Å². The Morgan fingerprint density at radius 1 is 1.00 bits per heavy atom. The average molecular weight is 352 g/mol. The van der Waals surface area contributed by atoms with Crippen molar-refractivity contribution in [1.82, 2.24) is 4.90 Å². The van der Waals surface area contributed by atoms with Gasteiger partial charge in [-0.05, 0) is 54.3 Å². The van der Waals surface area contributed by atoms with Crippen molar-refractivity contribution < 1.29 is 18.3 Å². The topological polar surface area (TPSA) is 29.5 Å². The molecule has 0 aliphatic carbocycles. The van der Waals surface area contributed by atoms with Crippen molar-refractivity contribution in [3.05, 3.63) is 53.1 Å². The molecule has 24 heavy (non-hydrogen) atoms. The highest BCUT2D eigenvalue weighted by Crippen LogP contribution is 2.29. The second kappa shape index (κ2) is 7.18. The van der Waals surface area contributed by atoms with Crippen LogP contribution in [0, 0.1) is 11.6 Å². The zero-order valence-electron chi connectivity index (χ0n) is 12.9. The third-order valence-corrected chi connectivity index (χ3v) is 4.11. The standard InChI is InChI=1S/C18H16ClF2NO2/c19-14-5-12(13-6-15(20)10-16(21)7-13)8-17(9-14)24-11-18(23)22-3-1-2-4-22/h5-10H,1-4,11H2. The molecule has 1 aliphatic heterocycles. The Bertz CT molecular complexity index is 740. The summed E-state index contributed by atoms with van der Waals surface area (Å²) in [7, 11) is 0. The first kappa shape index (κ1) is 16.7. The van der Waals surface area contributed by atoms with E-state index < -0.39 is 11.6 Å². The quantitative estimate of drug-likeness (QED) is 0.822. The number of nitrogens with zero attached hydrogens (tertiary/aromatic N) is 1. The van der Waals surface area contributed by atoms with E-state index in [1.54, 1.807) is 23.1 Å². The van der Waals surface area contributed by atoms with Gasteiger partial charge in [-0.15, -0.1) is 0 Å². The molecule has 3 nitrogen and oxygen atoms in total. The molecule has 0 radical (unpaired) electrons. The van der Waals surface area contributed by atoms with E-state index in [0.717, 1.165) is 32.0 Å². The summed E-state index contributed by atoms with van der Waals surface area (Å²) >= 11 is 6.06. The predicted octanol–water partition coefficient (Wildman–Crippen LogP) is 4.29. The monoisotopic (exact) mass is 351 g/mol. The zero-order valence-corrected chi connectivity index (χ0v) is 13.7. The Morgan fingerprint density at radius 3 is 2.29 bits per heavy atom. The molecule has 1 amide bonds. The average Bonchev–Trinajstić information content (AvgIpc) is 3.05. The molecule has 1 heterocycles. The minimum absolute atomic E-state index is 0.0779. The third-order valence-electron chi connectivity index (χ3n) is 3.89. The molecule has 1 fully saturated rings. The van der Waals surface area contributed by atoms with Gasteiger partial charge in [0.1, 0.15) is 17.4 Å². The number of rotatable bonds is 4. The number of halogens is 3. The van der Waals surface area contributed by atoms with Crippen molar-refractivity contribution >= 4 is 17.5 Å². The van der Waals surface area contributed by atoms with Crippen LogP contribution in [0.25, 0.3) is 11.1 Å². The second-order valence-electron chi connectivity index (χ2n) is 5.71. The van der Waals surface area contributed by atoms with Crippen molar-refractivity contribution in [3.8, 4) is 16.9 Å². The molecule has 0 aromatic heterocycles. The van der Waals surface area contributed by atoms with Gasteiger partial charge in [0.15, 0.2) is 6.61 Å². The van der Waals surface area contributed by atoms with Crippen LogP contribution < -0.4 is 4.74 Å². The highest BCUT2D eigenvalue weighted by atomic mass is 35.5. The number of ether oxygens (including phenoxy) is 1. The Balaban J connectivity index is 1.77. The molecular weight excluding hydrogens is 336 g/mol. The lowest BCUT2D eigenvalue weighted by Crippen LogP contribution is -2.32. The molecule has 0 spiro atoms. The number of benzene rings is 2. The maximum Gasteiger partial charge on any atom is 0.260 e. The summed E-state index contributed by atoms with van der Waals surface area (Å²) in [4.78, 5) is 13.8. The van der Waals surface area contributed by atoms with Crippen molar-refractivity contribution in [1.29, 1.82) is 0 Å². The fourth-order valence-corrected chi connectivity index (χ4v) is 2.96. The lowest BCUT2D eigenvalue weighted by atomic mass is 10.1. The SMILES string of the molecule is O=C(COc1cc(Cl)cc(-c2cc(F)cc(F)c2)c1)N1CCCC1. The molecular formula is C18H16ClF2NO2. The molecule has 3 rings (SSSR count). The van der Waals surface area contributed by atoms with Crippen LogP contribution in [0.4, 0.5) is 8.78 Å². The van der Waals surface area contributed by atoms with E-state index >= 15 is 0 Å². The highest BCUT2D eigenvalue weighted by Gasteiger charge is 2.18. The molecule has 2 aromatic rings. The van der Waals surface area contributed by atoms with Crippen molar-refractivity contribution in [3.63, 3.8) is 0 Å². The predicted molar refractivity (Wildman–Crippen MR) is 88.1 cm³/mol. The molecule has 0 N–H and O–H groups in total. The molecule has 2 aromatic carbocycles. The Hall–Kier alpha value is -2.14. The van der Waals surface area contributed by atoms with E-state index in [1.807, 2.05) is 0 Å². The molecule has 6 heteroatoms. The number of likely N-dealkylation sites (tertiary alicyclic amines) is 1. The van der Waals surface area contributed by atoms with Crippen LogP contribution in [-0.4, -0.2) is 30.5 Å². The third kappa shape index (κ3) is 4.03. The summed E-state index contributed by atoms with van der Waals surface area (Å²) in [6, 6.07) is 8.00. The Kier molecular flexibility index (Phi) is 5.00. The maximum atomic E-state index is 13.4. The second-order valence-corrected chi connectivity index (χ2v) is 6.15. The molecule has 0 unspecified atom stereocenters. The highest BCUT2D eigenvalue weighted by molar-refractivity contribution is 6.31. The number of amides is 1. The van der Waals surface area contributed by atoms with Gasteiger partial charge in [-0.25, -0.2) is 8.78 Å². The van der Waals surface area contributed by atoms with Crippen LogP contribution in [0.15, 0.2) is 36.4 Å². The van der Waals surface area contributed by atoms with E-state index in [9.17, 15) is 13.6 Å². The van der Waals surface area contributed by atoms with E-state index in [2.05, 4.69) is 0 Å². The van der Waals surface area contributed by atoms with Gasteiger partial charge in [-0.3, -0.25) is 4.79 Å². The number of carbonyl (C=O) groups is 1. The summed E-state index contributed by atoms with van der Waals surface area (Å²) in [5.41, 5.74) is 0.871. The molecule has 0 atom stereocenters. The Labute approximate surface area is 143 Å². The molecule has 1 saturated heterocycles. The van der Waals surface area contributed by atoms with Gasteiger partial charge >= 0.3 is 0 Å². The van der Waals surface area contributed by atoms with E-state index in [-0.39, 0.29) is 12.5 Å². The number of carbonyl (C=O) groups excluding carboxylic acids is 1. The number of hydrogen-bond donors (Lipinski definition) is 0. The molecule has 1 aliphatic rings. The summed E-state index contributed by atoms with van der Waals surface area (Å²) in [5.74, 6) is -1.03. The fraction of sp³-hybridized carbons (Fsp3) is 0.278. The van der Waals surface area contributed by atoms with E-state index in [1.165, 1.54) is 12.1 Å². The van der Waals surface area contributed by atoms with Gasteiger partial charge in [-0.1, -0.05) is 11.6 Å². The summed E-state index contributed by atoms with van der Waals surface area (Å²) in [5, 5.41) is 0.362. The first-order chi connectivity index (χ1) is 11.5. The minimum atomic E-state index is -0.670. The first-order valence-electron chi connectivity index (χ1n) is 7.69. The molecule has 0 bridgehead atoms. The normalized spacial score (nSPS) is 14.0. The van der Waals surface area contributed by atoms with E-state index in [0.29, 0.717) is 21.9 Å². The van der Waals surface area contributed by atoms with Crippen LogP contribution in [0.3, 0.4) is 0 Å². The van der Waals surface area contributed by atoms with Crippen molar-refractivity contribution in [2.45, 2.75) is 12.8 Å². The van der Waals surface area contributed by atoms with Gasteiger partial charge < -0.3 is 9.64 Å². The Morgan fingerprint density at radius 2 is 1.62 bits per heavy atom. The van der Waals surface area contributed by atoms with Crippen LogP contribution in [0.2, 0.25) is 5.02 Å². The number of hydrogen-bond acceptors (Lipinski definition) is 2. The van der Waals surface area contributed by atoms with Crippen molar-refractivity contribution in [2.24, 2.45) is 0 Å². The van der Waals surface area contributed by atoms with Gasteiger partial charge in [0.2, 0.25) is 0 Å². The fourth-order valence-electron chi connectivity index (χ4n) is 2.74. The van der Waals surface area contributed by atoms with E-state index in [4.69, 9.17) is 16.3 Å². The van der Waals surface area contributed by atoms with Crippen LogP contribution in [0.1, 0.15) is 12.8 Å². The lowest BCUT2D eigenvalue weighted by molar-refractivity contribution is -0.132. The lowest BCUT2D eigenvalue weighted by Gasteiger charge is -2.16. The molecule has 0 saturated carbocycles. The summed E-state index contributed by atoms with van der Waals surface area (Å²) < 4.78 is 32.3. The molecule has 126 valence electrons.